The number of aliphatic hydroxyl groups excluding tert-OH is 1. The number of benzene rings is 1. The Morgan fingerprint density at radius 1 is 1.15 bits per heavy atom. The fraction of sp³-hybridized carbons (Fsp3) is 0.625. The summed E-state index contributed by atoms with van der Waals surface area (Å²) < 4.78 is 27.5. The second-order valence-corrected chi connectivity index (χ2v) is 5.98. The van der Waals surface area contributed by atoms with Gasteiger partial charge in [-0.15, -0.1) is 0 Å². The van der Waals surface area contributed by atoms with E-state index in [0.717, 1.165) is 32.1 Å². The average molecular weight is 283 g/mol. The molecule has 1 fully saturated rings. The van der Waals surface area contributed by atoms with E-state index in [1.54, 1.807) is 0 Å². The molecule has 20 heavy (non-hydrogen) atoms. The Labute approximate surface area is 119 Å². The van der Waals surface area contributed by atoms with Crippen LogP contribution in [0.15, 0.2) is 18.2 Å². The number of halogens is 2. The molecule has 1 saturated carbocycles. The van der Waals surface area contributed by atoms with Gasteiger partial charge in [-0.2, -0.15) is 0 Å². The highest BCUT2D eigenvalue weighted by Gasteiger charge is 2.41. The van der Waals surface area contributed by atoms with Crippen LogP contribution >= 0.6 is 0 Å². The molecule has 2 rings (SSSR count). The highest BCUT2D eigenvalue weighted by atomic mass is 19.1. The van der Waals surface area contributed by atoms with E-state index in [1.165, 1.54) is 18.2 Å². The molecule has 1 aliphatic carbocycles. The third-order valence-electron chi connectivity index (χ3n) is 4.69. The summed E-state index contributed by atoms with van der Waals surface area (Å²) in [5, 5.41) is 10.6. The molecule has 1 atom stereocenters. The third kappa shape index (κ3) is 2.86. The molecule has 2 nitrogen and oxygen atoms in total. The minimum atomic E-state index is -0.760. The molecule has 1 aromatic carbocycles. The molecule has 4 heteroatoms. The van der Waals surface area contributed by atoms with Crippen LogP contribution < -0.4 is 0 Å². The lowest BCUT2D eigenvalue weighted by molar-refractivity contribution is -0.0317. The molecule has 0 aromatic heterocycles. The summed E-state index contributed by atoms with van der Waals surface area (Å²) >= 11 is 0. The summed E-state index contributed by atoms with van der Waals surface area (Å²) in [6, 6.07) is 3.84. The molecule has 0 spiro atoms. The lowest BCUT2D eigenvalue weighted by Crippen LogP contribution is -2.55. The van der Waals surface area contributed by atoms with Crippen LogP contribution in [0.2, 0.25) is 0 Å². The van der Waals surface area contributed by atoms with E-state index in [9.17, 15) is 13.9 Å². The minimum Gasteiger partial charge on any atom is -0.391 e. The van der Waals surface area contributed by atoms with Gasteiger partial charge in [-0.1, -0.05) is 25.3 Å². The standard InChI is InChI=1S/C16H23F2NO/c1-19(2)16(9-4-3-5-10-16)15(20)11-12-13(17)7-6-8-14(12)18/h6-8,15,20H,3-5,9-11H2,1-2H3. The Balaban J connectivity index is 2.23. The van der Waals surface area contributed by atoms with Crippen LogP contribution in [-0.2, 0) is 6.42 Å². The molecule has 0 heterocycles. The van der Waals surface area contributed by atoms with Gasteiger partial charge < -0.3 is 10.0 Å². The van der Waals surface area contributed by atoms with Crippen LogP contribution in [0.4, 0.5) is 8.78 Å². The van der Waals surface area contributed by atoms with Crippen molar-refractivity contribution in [1.82, 2.24) is 4.90 Å². The van der Waals surface area contributed by atoms with Crippen LogP contribution in [0, 0.1) is 11.6 Å². The van der Waals surface area contributed by atoms with Crippen molar-refractivity contribution < 1.29 is 13.9 Å². The van der Waals surface area contributed by atoms with Gasteiger partial charge in [0.05, 0.1) is 6.10 Å². The van der Waals surface area contributed by atoms with Crippen LogP contribution in [-0.4, -0.2) is 35.7 Å². The quantitative estimate of drug-likeness (QED) is 0.917. The maximum atomic E-state index is 13.7. The summed E-state index contributed by atoms with van der Waals surface area (Å²) in [7, 11) is 3.87. The maximum Gasteiger partial charge on any atom is 0.129 e. The molecule has 0 saturated heterocycles. The Bertz CT molecular complexity index is 436. The van der Waals surface area contributed by atoms with Crippen molar-refractivity contribution in [3.05, 3.63) is 35.4 Å². The SMILES string of the molecule is CN(C)C1(C(O)Cc2c(F)cccc2F)CCCCC1. The third-order valence-corrected chi connectivity index (χ3v) is 4.69. The van der Waals surface area contributed by atoms with Crippen LogP contribution in [0.1, 0.15) is 37.7 Å². The molecule has 112 valence electrons. The molecule has 1 aromatic rings. The van der Waals surface area contributed by atoms with E-state index in [-0.39, 0.29) is 17.5 Å². The van der Waals surface area contributed by atoms with Crippen molar-refractivity contribution in [2.24, 2.45) is 0 Å². The van der Waals surface area contributed by atoms with Crippen molar-refractivity contribution in [3.63, 3.8) is 0 Å². The molecular formula is C16H23F2NO. The number of hydrogen-bond acceptors (Lipinski definition) is 2. The molecule has 1 unspecified atom stereocenters. The summed E-state index contributed by atoms with van der Waals surface area (Å²) in [6.07, 6.45) is 4.27. The van der Waals surface area contributed by atoms with Crippen molar-refractivity contribution >= 4 is 0 Å². The molecule has 0 bridgehead atoms. The van der Waals surface area contributed by atoms with E-state index in [0.29, 0.717) is 0 Å². The van der Waals surface area contributed by atoms with Gasteiger partial charge in [-0.3, -0.25) is 0 Å². The first-order valence-electron chi connectivity index (χ1n) is 7.26. The smallest absolute Gasteiger partial charge is 0.129 e. The fourth-order valence-electron chi connectivity index (χ4n) is 3.35. The second kappa shape index (κ2) is 6.19. The minimum absolute atomic E-state index is 0.00759. The lowest BCUT2D eigenvalue weighted by atomic mass is 9.75. The van der Waals surface area contributed by atoms with E-state index in [4.69, 9.17) is 0 Å². The first kappa shape index (κ1) is 15.4. The van der Waals surface area contributed by atoms with Gasteiger partial charge in [0.2, 0.25) is 0 Å². The van der Waals surface area contributed by atoms with Gasteiger partial charge >= 0.3 is 0 Å². The lowest BCUT2D eigenvalue weighted by Gasteiger charge is -2.46. The Kier molecular flexibility index (Phi) is 4.76. The highest BCUT2D eigenvalue weighted by Crippen LogP contribution is 2.36. The number of aliphatic hydroxyl groups is 1. The largest absolute Gasteiger partial charge is 0.391 e. The monoisotopic (exact) mass is 283 g/mol. The molecular weight excluding hydrogens is 260 g/mol. The average Bonchev–Trinajstić information content (AvgIpc) is 2.43. The molecule has 0 radical (unpaired) electrons. The van der Waals surface area contributed by atoms with Crippen LogP contribution in [0.25, 0.3) is 0 Å². The molecule has 0 amide bonds. The number of rotatable bonds is 4. The Hall–Kier alpha value is -1.00. The zero-order valence-electron chi connectivity index (χ0n) is 12.2. The van der Waals surface area contributed by atoms with Crippen molar-refractivity contribution in [2.75, 3.05) is 14.1 Å². The maximum absolute atomic E-state index is 13.7. The normalized spacial score (nSPS) is 20.1. The van der Waals surface area contributed by atoms with E-state index < -0.39 is 17.7 Å². The van der Waals surface area contributed by atoms with E-state index in [2.05, 4.69) is 0 Å². The van der Waals surface area contributed by atoms with Gasteiger partial charge in [0, 0.05) is 17.5 Å². The number of hydrogen-bond donors (Lipinski definition) is 1. The fourth-order valence-corrected chi connectivity index (χ4v) is 3.35. The summed E-state index contributed by atoms with van der Waals surface area (Å²) in [4.78, 5) is 2.02. The van der Waals surface area contributed by atoms with Crippen molar-refractivity contribution in [1.29, 1.82) is 0 Å². The second-order valence-electron chi connectivity index (χ2n) is 5.98. The molecule has 0 aliphatic heterocycles. The molecule has 1 aliphatic rings. The van der Waals surface area contributed by atoms with Gasteiger partial charge in [-0.25, -0.2) is 8.78 Å². The van der Waals surface area contributed by atoms with Crippen LogP contribution in [0.5, 0.6) is 0 Å². The number of nitrogens with zero attached hydrogens (tertiary/aromatic N) is 1. The van der Waals surface area contributed by atoms with Gasteiger partial charge in [-0.05, 0) is 39.1 Å². The van der Waals surface area contributed by atoms with Gasteiger partial charge in [0.15, 0.2) is 0 Å². The predicted molar refractivity (Wildman–Crippen MR) is 75.6 cm³/mol. The summed E-state index contributed by atoms with van der Waals surface area (Å²) in [5.74, 6) is -1.15. The van der Waals surface area contributed by atoms with Crippen LogP contribution in [0.3, 0.4) is 0 Å². The van der Waals surface area contributed by atoms with E-state index >= 15 is 0 Å². The summed E-state index contributed by atoms with van der Waals surface area (Å²) in [6.45, 7) is 0. The zero-order valence-corrected chi connectivity index (χ0v) is 12.2. The first-order chi connectivity index (χ1) is 9.47. The Morgan fingerprint density at radius 2 is 1.70 bits per heavy atom. The van der Waals surface area contributed by atoms with E-state index in [1.807, 2.05) is 19.0 Å². The van der Waals surface area contributed by atoms with Crippen molar-refractivity contribution in [2.45, 2.75) is 50.2 Å². The highest BCUT2D eigenvalue weighted by molar-refractivity contribution is 5.21. The van der Waals surface area contributed by atoms with Gasteiger partial charge in [0.1, 0.15) is 11.6 Å². The topological polar surface area (TPSA) is 23.5 Å². The number of likely N-dealkylation sites (N-methyl/N-ethyl adjacent to an activating group) is 1. The zero-order chi connectivity index (χ0) is 14.8. The van der Waals surface area contributed by atoms with Gasteiger partial charge in [0.25, 0.3) is 0 Å². The molecule has 1 N–H and O–H groups in total. The summed E-state index contributed by atoms with van der Waals surface area (Å²) in [5.41, 5.74) is -0.376. The predicted octanol–water partition coefficient (Wildman–Crippen LogP) is 3.13. The Morgan fingerprint density at radius 3 is 2.20 bits per heavy atom. The first-order valence-corrected chi connectivity index (χ1v) is 7.26. The van der Waals surface area contributed by atoms with Crippen molar-refractivity contribution in [3.8, 4) is 0 Å².